The highest BCUT2D eigenvalue weighted by Gasteiger charge is 2.25. The number of nitrogens with one attached hydrogen (secondary N) is 1. The first-order chi connectivity index (χ1) is 13.0. The second kappa shape index (κ2) is 13.6. The SMILES string of the molecule is CCNC(=NCC(CC(C)C)N1CCOCC1)N1CCCC(CC(N)=O)C1.I. The number of morpholine rings is 1. The van der Waals surface area contributed by atoms with Crippen molar-refractivity contribution in [3.63, 3.8) is 0 Å². The first-order valence-electron chi connectivity index (χ1n) is 10.6. The van der Waals surface area contributed by atoms with E-state index in [0.29, 0.717) is 24.3 Å². The summed E-state index contributed by atoms with van der Waals surface area (Å²) in [7, 11) is 0. The lowest BCUT2D eigenvalue weighted by Crippen LogP contribution is -2.49. The Morgan fingerprint density at radius 2 is 2.00 bits per heavy atom. The topological polar surface area (TPSA) is 83.2 Å². The molecule has 2 heterocycles. The molecule has 0 aliphatic carbocycles. The first-order valence-corrected chi connectivity index (χ1v) is 10.6. The van der Waals surface area contributed by atoms with Crippen molar-refractivity contribution in [2.75, 3.05) is 52.5 Å². The minimum Gasteiger partial charge on any atom is -0.379 e. The van der Waals surface area contributed by atoms with Gasteiger partial charge in [-0.2, -0.15) is 0 Å². The van der Waals surface area contributed by atoms with Crippen LogP contribution >= 0.6 is 24.0 Å². The number of hydrogen-bond acceptors (Lipinski definition) is 4. The van der Waals surface area contributed by atoms with Gasteiger partial charge in [0.05, 0.1) is 19.8 Å². The van der Waals surface area contributed by atoms with Crippen LogP contribution in [0.2, 0.25) is 0 Å². The van der Waals surface area contributed by atoms with E-state index in [1.165, 1.54) is 0 Å². The van der Waals surface area contributed by atoms with Crippen LogP contribution in [-0.4, -0.2) is 80.2 Å². The number of halogens is 1. The Kier molecular flexibility index (Phi) is 12.3. The van der Waals surface area contributed by atoms with Crippen molar-refractivity contribution >= 4 is 35.8 Å². The number of likely N-dealkylation sites (tertiary alicyclic amines) is 1. The van der Waals surface area contributed by atoms with Gasteiger partial charge in [0, 0.05) is 45.2 Å². The van der Waals surface area contributed by atoms with Gasteiger partial charge in [-0.25, -0.2) is 0 Å². The molecule has 0 bridgehead atoms. The molecule has 1 amide bonds. The third-order valence-electron chi connectivity index (χ3n) is 5.40. The van der Waals surface area contributed by atoms with E-state index in [-0.39, 0.29) is 29.9 Å². The third kappa shape index (κ3) is 8.82. The predicted molar refractivity (Wildman–Crippen MR) is 125 cm³/mol. The Morgan fingerprint density at radius 1 is 1.29 bits per heavy atom. The molecule has 2 atom stereocenters. The molecule has 0 aromatic heterocycles. The molecule has 2 fully saturated rings. The molecule has 0 saturated carbocycles. The van der Waals surface area contributed by atoms with Crippen LogP contribution in [0.3, 0.4) is 0 Å². The summed E-state index contributed by atoms with van der Waals surface area (Å²) in [5.41, 5.74) is 5.41. The molecule has 0 aromatic carbocycles. The van der Waals surface area contributed by atoms with Gasteiger partial charge in [-0.15, -0.1) is 24.0 Å². The minimum absolute atomic E-state index is 0. The Labute approximate surface area is 187 Å². The fourth-order valence-corrected chi connectivity index (χ4v) is 4.15. The van der Waals surface area contributed by atoms with Gasteiger partial charge >= 0.3 is 0 Å². The van der Waals surface area contributed by atoms with E-state index in [2.05, 4.69) is 35.9 Å². The number of carbonyl (C=O) groups excluding carboxylic acids is 1. The molecule has 2 aliphatic rings. The molecule has 164 valence electrons. The molecule has 8 heteroatoms. The van der Waals surface area contributed by atoms with E-state index in [9.17, 15) is 4.79 Å². The first kappa shape index (κ1) is 25.4. The maximum absolute atomic E-state index is 11.3. The summed E-state index contributed by atoms with van der Waals surface area (Å²) in [4.78, 5) is 21.2. The molecule has 0 spiro atoms. The zero-order chi connectivity index (χ0) is 19.6. The van der Waals surface area contributed by atoms with Crippen LogP contribution in [0.5, 0.6) is 0 Å². The van der Waals surface area contributed by atoms with Gasteiger partial charge in [-0.05, 0) is 38.0 Å². The second-order valence-electron chi connectivity index (χ2n) is 8.25. The number of hydrogen-bond donors (Lipinski definition) is 2. The van der Waals surface area contributed by atoms with Crippen molar-refractivity contribution in [3.05, 3.63) is 0 Å². The summed E-state index contributed by atoms with van der Waals surface area (Å²) in [6.45, 7) is 13.8. The summed E-state index contributed by atoms with van der Waals surface area (Å²) in [6.07, 6.45) is 3.77. The molecule has 3 N–H and O–H groups in total. The van der Waals surface area contributed by atoms with E-state index in [1.54, 1.807) is 0 Å². The molecule has 2 rings (SSSR count). The van der Waals surface area contributed by atoms with E-state index < -0.39 is 0 Å². The fraction of sp³-hybridized carbons (Fsp3) is 0.900. The van der Waals surface area contributed by atoms with Crippen LogP contribution in [0.1, 0.15) is 46.5 Å². The number of amides is 1. The fourth-order valence-electron chi connectivity index (χ4n) is 4.15. The van der Waals surface area contributed by atoms with Crippen molar-refractivity contribution in [2.45, 2.75) is 52.5 Å². The van der Waals surface area contributed by atoms with Crippen molar-refractivity contribution in [2.24, 2.45) is 22.6 Å². The number of nitrogens with two attached hydrogens (primary N) is 1. The highest BCUT2D eigenvalue weighted by molar-refractivity contribution is 14.0. The number of aliphatic imine (C=N–C) groups is 1. The Balaban J connectivity index is 0.00000392. The number of ether oxygens (including phenoxy) is 1. The summed E-state index contributed by atoms with van der Waals surface area (Å²) >= 11 is 0. The Hall–Kier alpha value is -0.610. The average molecular weight is 509 g/mol. The van der Waals surface area contributed by atoms with Crippen molar-refractivity contribution in [3.8, 4) is 0 Å². The number of nitrogens with zero attached hydrogens (tertiary/aromatic N) is 3. The minimum atomic E-state index is -0.201. The standard InChI is InChI=1S/C20H39N5O2.HI/c1-4-22-20(25-7-5-6-17(15-25)13-19(21)26)23-14-18(12-16(2)3)24-8-10-27-11-9-24;/h16-18H,4-15H2,1-3H3,(H2,21,26)(H,22,23);1H. The zero-order valence-electron chi connectivity index (χ0n) is 17.9. The zero-order valence-corrected chi connectivity index (χ0v) is 20.2. The smallest absolute Gasteiger partial charge is 0.217 e. The molecule has 7 nitrogen and oxygen atoms in total. The van der Waals surface area contributed by atoms with Gasteiger partial charge < -0.3 is 20.7 Å². The van der Waals surface area contributed by atoms with Gasteiger partial charge in [-0.1, -0.05) is 13.8 Å². The van der Waals surface area contributed by atoms with Crippen molar-refractivity contribution < 1.29 is 9.53 Å². The lowest BCUT2D eigenvalue weighted by atomic mass is 9.95. The summed E-state index contributed by atoms with van der Waals surface area (Å²) in [6, 6.07) is 0.453. The van der Waals surface area contributed by atoms with Crippen LogP contribution in [0.4, 0.5) is 0 Å². The molecular formula is C20H40IN5O2. The van der Waals surface area contributed by atoms with Gasteiger partial charge in [-0.3, -0.25) is 14.7 Å². The molecule has 2 unspecified atom stereocenters. The summed E-state index contributed by atoms with van der Waals surface area (Å²) in [5.74, 6) is 1.76. The summed E-state index contributed by atoms with van der Waals surface area (Å²) in [5, 5.41) is 3.45. The quantitative estimate of drug-likeness (QED) is 0.297. The van der Waals surface area contributed by atoms with Crippen LogP contribution in [-0.2, 0) is 9.53 Å². The van der Waals surface area contributed by atoms with E-state index >= 15 is 0 Å². The van der Waals surface area contributed by atoms with Gasteiger partial charge in [0.2, 0.25) is 5.91 Å². The monoisotopic (exact) mass is 509 g/mol. The van der Waals surface area contributed by atoms with Crippen LogP contribution in [0, 0.1) is 11.8 Å². The van der Waals surface area contributed by atoms with Crippen molar-refractivity contribution in [1.29, 1.82) is 0 Å². The predicted octanol–water partition coefficient (Wildman–Crippen LogP) is 1.90. The van der Waals surface area contributed by atoms with E-state index in [0.717, 1.165) is 77.7 Å². The molecular weight excluding hydrogens is 469 g/mol. The number of primary amides is 1. The highest BCUT2D eigenvalue weighted by atomic mass is 127. The third-order valence-corrected chi connectivity index (χ3v) is 5.40. The number of carbonyl (C=O) groups is 1. The average Bonchev–Trinajstić information content (AvgIpc) is 2.64. The van der Waals surface area contributed by atoms with Gasteiger partial charge in [0.15, 0.2) is 5.96 Å². The molecule has 0 radical (unpaired) electrons. The van der Waals surface area contributed by atoms with Crippen LogP contribution in [0.25, 0.3) is 0 Å². The maximum Gasteiger partial charge on any atom is 0.217 e. The summed E-state index contributed by atoms with van der Waals surface area (Å²) < 4.78 is 5.52. The second-order valence-corrected chi connectivity index (χ2v) is 8.25. The van der Waals surface area contributed by atoms with Crippen LogP contribution in [0.15, 0.2) is 4.99 Å². The van der Waals surface area contributed by atoms with Gasteiger partial charge in [0.1, 0.15) is 0 Å². The Bertz CT molecular complexity index is 483. The molecule has 2 aliphatic heterocycles. The van der Waals surface area contributed by atoms with E-state index in [4.69, 9.17) is 15.5 Å². The lowest BCUT2D eigenvalue weighted by molar-refractivity contribution is -0.119. The normalized spacial score (nSPS) is 22.6. The Morgan fingerprint density at radius 3 is 2.61 bits per heavy atom. The maximum atomic E-state index is 11.3. The number of piperidine rings is 1. The molecule has 2 saturated heterocycles. The lowest BCUT2D eigenvalue weighted by Gasteiger charge is -2.36. The van der Waals surface area contributed by atoms with Crippen molar-refractivity contribution in [1.82, 2.24) is 15.1 Å². The number of rotatable bonds is 8. The number of guanidine groups is 1. The van der Waals surface area contributed by atoms with Gasteiger partial charge in [0.25, 0.3) is 0 Å². The molecule has 28 heavy (non-hydrogen) atoms. The van der Waals surface area contributed by atoms with E-state index in [1.807, 2.05) is 0 Å². The molecule has 0 aromatic rings. The largest absolute Gasteiger partial charge is 0.379 e. The van der Waals surface area contributed by atoms with Crippen LogP contribution < -0.4 is 11.1 Å². The highest BCUT2D eigenvalue weighted by Crippen LogP contribution is 2.20.